The van der Waals surface area contributed by atoms with Crippen molar-refractivity contribution >= 4 is 11.0 Å². The van der Waals surface area contributed by atoms with Crippen LogP contribution in [0, 0.1) is 0 Å². The van der Waals surface area contributed by atoms with Crippen LogP contribution in [0.15, 0.2) is 29.1 Å². The Bertz CT molecular complexity index is 951. The smallest absolute Gasteiger partial charge is 0.262 e. The van der Waals surface area contributed by atoms with Crippen molar-refractivity contribution in [2.45, 2.75) is 45.1 Å². The predicted molar refractivity (Wildman–Crippen MR) is 92.1 cm³/mol. The first-order chi connectivity index (χ1) is 11.7. The van der Waals surface area contributed by atoms with Crippen molar-refractivity contribution in [1.29, 1.82) is 0 Å². The van der Waals surface area contributed by atoms with Crippen molar-refractivity contribution in [2.75, 3.05) is 0 Å². The van der Waals surface area contributed by atoms with Gasteiger partial charge < -0.3 is 10.1 Å². The molecule has 24 heavy (non-hydrogen) atoms. The number of rotatable bonds is 3. The van der Waals surface area contributed by atoms with Crippen LogP contribution < -0.4 is 5.56 Å². The van der Waals surface area contributed by atoms with Gasteiger partial charge in [0.15, 0.2) is 5.65 Å². The molecule has 0 spiro atoms. The van der Waals surface area contributed by atoms with E-state index >= 15 is 0 Å². The Morgan fingerprint density at radius 3 is 2.83 bits per heavy atom. The fourth-order valence-corrected chi connectivity index (χ4v) is 3.56. The van der Waals surface area contributed by atoms with Crippen LogP contribution in [0.2, 0.25) is 0 Å². The number of aryl methyl sites for hydroxylation is 1. The maximum Gasteiger partial charge on any atom is 0.262 e. The summed E-state index contributed by atoms with van der Waals surface area (Å²) in [5, 5.41) is 15.0. The van der Waals surface area contributed by atoms with Crippen LogP contribution in [-0.2, 0) is 6.42 Å². The number of nitrogens with zero attached hydrogens (tertiary/aromatic N) is 3. The second kappa shape index (κ2) is 5.78. The van der Waals surface area contributed by atoms with Crippen LogP contribution in [0.3, 0.4) is 0 Å². The molecule has 0 aliphatic heterocycles. The number of nitrogens with one attached hydrogen (secondary N) is 1. The number of H-pyrrole nitrogens is 1. The van der Waals surface area contributed by atoms with E-state index in [-0.39, 0.29) is 11.3 Å². The van der Waals surface area contributed by atoms with Crippen LogP contribution in [0.5, 0.6) is 5.75 Å². The maximum atomic E-state index is 12.7. The third kappa shape index (κ3) is 2.38. The Morgan fingerprint density at radius 2 is 2.12 bits per heavy atom. The molecule has 0 atom stereocenters. The lowest BCUT2D eigenvalue weighted by molar-refractivity contribution is 0.474. The van der Waals surface area contributed by atoms with Crippen molar-refractivity contribution < 1.29 is 5.11 Å². The summed E-state index contributed by atoms with van der Waals surface area (Å²) in [4.78, 5) is 20.2. The molecule has 6 heteroatoms. The summed E-state index contributed by atoms with van der Waals surface area (Å²) >= 11 is 0. The van der Waals surface area contributed by atoms with E-state index in [1.807, 2.05) is 17.7 Å². The number of hydrogen-bond donors (Lipinski definition) is 2. The van der Waals surface area contributed by atoms with Gasteiger partial charge in [0.1, 0.15) is 17.0 Å². The molecule has 0 bridgehead atoms. The number of aromatic amines is 1. The van der Waals surface area contributed by atoms with Gasteiger partial charge in [0.2, 0.25) is 0 Å². The van der Waals surface area contributed by atoms with Gasteiger partial charge in [-0.15, -0.1) is 0 Å². The minimum absolute atomic E-state index is 0.147. The summed E-state index contributed by atoms with van der Waals surface area (Å²) in [5.41, 5.74) is 1.97. The molecule has 1 aliphatic rings. The second-order valence-electron chi connectivity index (χ2n) is 6.35. The Labute approximate surface area is 139 Å². The monoisotopic (exact) mass is 324 g/mol. The van der Waals surface area contributed by atoms with E-state index < -0.39 is 0 Å². The van der Waals surface area contributed by atoms with E-state index in [1.54, 1.807) is 18.2 Å². The molecule has 0 saturated heterocycles. The minimum atomic E-state index is -0.167. The molecule has 1 saturated carbocycles. The molecule has 0 radical (unpaired) electrons. The van der Waals surface area contributed by atoms with E-state index in [1.165, 1.54) is 12.8 Å². The first kappa shape index (κ1) is 14.9. The highest BCUT2D eigenvalue weighted by Gasteiger charge is 2.24. The number of phenols is 1. The predicted octanol–water partition coefficient (Wildman–Crippen LogP) is 3.17. The van der Waals surface area contributed by atoms with Crippen molar-refractivity contribution in [3.63, 3.8) is 0 Å². The summed E-state index contributed by atoms with van der Waals surface area (Å²) in [7, 11) is 0. The van der Waals surface area contributed by atoms with E-state index in [2.05, 4.69) is 10.1 Å². The van der Waals surface area contributed by atoms with Gasteiger partial charge in [0.05, 0.1) is 11.7 Å². The molecule has 2 N–H and O–H groups in total. The highest BCUT2D eigenvalue weighted by Crippen LogP contribution is 2.32. The largest absolute Gasteiger partial charge is 0.508 e. The van der Waals surface area contributed by atoms with Gasteiger partial charge in [-0.3, -0.25) is 4.79 Å². The lowest BCUT2D eigenvalue weighted by Crippen LogP contribution is -2.12. The molecule has 1 aliphatic carbocycles. The number of aromatic hydroxyl groups is 1. The molecule has 0 amide bonds. The summed E-state index contributed by atoms with van der Waals surface area (Å²) in [6.07, 6.45) is 5.24. The fraction of sp³-hybridized carbons (Fsp3) is 0.389. The Balaban J connectivity index is 1.95. The fourth-order valence-electron chi connectivity index (χ4n) is 3.56. The topological polar surface area (TPSA) is 83.8 Å². The van der Waals surface area contributed by atoms with Crippen LogP contribution in [0.4, 0.5) is 0 Å². The summed E-state index contributed by atoms with van der Waals surface area (Å²) in [6.45, 7) is 2.00. The van der Waals surface area contributed by atoms with Crippen molar-refractivity contribution in [1.82, 2.24) is 19.7 Å². The lowest BCUT2D eigenvalue weighted by Gasteiger charge is -2.11. The number of fused-ring (bicyclic) bond motifs is 1. The number of phenolic OH excluding ortho intramolecular Hbond substituents is 1. The normalized spacial score (nSPS) is 15.4. The molecule has 3 aromatic rings. The Morgan fingerprint density at radius 1 is 1.33 bits per heavy atom. The Kier molecular flexibility index (Phi) is 3.59. The van der Waals surface area contributed by atoms with Gasteiger partial charge in [-0.25, -0.2) is 9.67 Å². The molecule has 6 nitrogen and oxygen atoms in total. The van der Waals surface area contributed by atoms with Gasteiger partial charge in [-0.1, -0.05) is 31.9 Å². The average molecular weight is 324 g/mol. The van der Waals surface area contributed by atoms with Gasteiger partial charge >= 0.3 is 0 Å². The van der Waals surface area contributed by atoms with Crippen LogP contribution >= 0.6 is 0 Å². The molecule has 2 aromatic heterocycles. The van der Waals surface area contributed by atoms with Crippen molar-refractivity contribution in [3.8, 4) is 17.1 Å². The minimum Gasteiger partial charge on any atom is -0.508 e. The first-order valence-electron chi connectivity index (χ1n) is 8.48. The standard InChI is InChI=1S/C18H20N4O2/c1-2-14-15-17(22(21-14)12-7-3-4-8-12)19-16(20-18(15)24)11-6-5-9-13(23)10-11/h5-6,9-10,12,23H,2-4,7-8H2,1H3,(H,19,20,24). The molecular formula is C18H20N4O2. The molecule has 124 valence electrons. The zero-order valence-corrected chi connectivity index (χ0v) is 13.6. The molecule has 4 rings (SSSR count). The summed E-state index contributed by atoms with van der Waals surface area (Å²) in [6, 6.07) is 7.07. The van der Waals surface area contributed by atoms with Crippen LogP contribution in [0.1, 0.15) is 44.3 Å². The van der Waals surface area contributed by atoms with Gasteiger partial charge in [0.25, 0.3) is 5.56 Å². The first-order valence-corrected chi connectivity index (χ1v) is 8.48. The zero-order valence-electron chi connectivity index (χ0n) is 13.6. The van der Waals surface area contributed by atoms with Gasteiger partial charge in [-0.05, 0) is 31.4 Å². The van der Waals surface area contributed by atoms with Crippen LogP contribution in [0.25, 0.3) is 22.4 Å². The van der Waals surface area contributed by atoms with E-state index in [9.17, 15) is 9.90 Å². The Hall–Kier alpha value is -2.63. The molecule has 0 unspecified atom stereocenters. The van der Waals surface area contributed by atoms with Crippen molar-refractivity contribution in [3.05, 3.63) is 40.3 Å². The third-order valence-corrected chi connectivity index (χ3v) is 4.76. The number of aromatic nitrogens is 4. The van der Waals surface area contributed by atoms with Crippen molar-refractivity contribution in [2.24, 2.45) is 0 Å². The second-order valence-corrected chi connectivity index (χ2v) is 6.35. The summed E-state index contributed by atoms with van der Waals surface area (Å²) < 4.78 is 1.95. The highest BCUT2D eigenvalue weighted by atomic mass is 16.3. The maximum absolute atomic E-state index is 12.7. The molecule has 1 aromatic carbocycles. The molecular weight excluding hydrogens is 304 g/mol. The molecule has 2 heterocycles. The van der Waals surface area contributed by atoms with E-state index in [0.29, 0.717) is 34.9 Å². The van der Waals surface area contributed by atoms with Crippen LogP contribution in [-0.4, -0.2) is 24.9 Å². The van der Waals surface area contributed by atoms with Gasteiger partial charge in [0, 0.05) is 5.56 Å². The van der Waals surface area contributed by atoms with E-state index in [0.717, 1.165) is 18.5 Å². The lowest BCUT2D eigenvalue weighted by atomic mass is 10.2. The third-order valence-electron chi connectivity index (χ3n) is 4.76. The number of benzene rings is 1. The quantitative estimate of drug-likeness (QED) is 0.775. The van der Waals surface area contributed by atoms with E-state index in [4.69, 9.17) is 4.98 Å². The number of hydrogen-bond acceptors (Lipinski definition) is 4. The zero-order chi connectivity index (χ0) is 16.7. The average Bonchev–Trinajstić information content (AvgIpc) is 3.22. The highest BCUT2D eigenvalue weighted by molar-refractivity contribution is 5.79. The summed E-state index contributed by atoms with van der Waals surface area (Å²) in [5.74, 6) is 0.610. The SMILES string of the molecule is CCc1nn(C2CCCC2)c2nc(-c3cccc(O)c3)[nH]c(=O)c12. The molecule has 1 fully saturated rings. The van der Waals surface area contributed by atoms with Gasteiger partial charge in [-0.2, -0.15) is 5.10 Å².